The van der Waals surface area contributed by atoms with Gasteiger partial charge in [0.15, 0.2) is 0 Å². The van der Waals surface area contributed by atoms with Crippen LogP contribution >= 0.6 is 0 Å². The van der Waals surface area contributed by atoms with Crippen LogP contribution in [0.2, 0.25) is 0 Å². The molecule has 4 atom stereocenters. The first-order valence-corrected chi connectivity index (χ1v) is 9.44. The van der Waals surface area contributed by atoms with E-state index in [0.717, 1.165) is 45.1 Å². The van der Waals surface area contributed by atoms with Gasteiger partial charge in [-0.25, -0.2) is 0 Å². The Balaban J connectivity index is 2.73. The van der Waals surface area contributed by atoms with Crippen molar-refractivity contribution in [3.05, 3.63) is 12.2 Å². The molecular weight excluding hydrogens is 292 g/mol. The van der Waals surface area contributed by atoms with Crippen LogP contribution in [0.3, 0.4) is 0 Å². The predicted molar refractivity (Wildman–Crippen MR) is 93.7 cm³/mol. The summed E-state index contributed by atoms with van der Waals surface area (Å²) in [4.78, 5) is 0. The highest BCUT2D eigenvalue weighted by molar-refractivity contribution is 5.04. The molecule has 0 fully saturated rings. The Hall–Kier alpha value is -0.420. The fourth-order valence-corrected chi connectivity index (χ4v) is 2.64. The summed E-state index contributed by atoms with van der Waals surface area (Å²) in [7, 11) is 0. The van der Waals surface area contributed by atoms with Crippen molar-refractivity contribution in [2.45, 2.75) is 90.1 Å². The molecule has 0 aromatic heterocycles. The Morgan fingerprint density at radius 3 is 1.91 bits per heavy atom. The third-order valence-electron chi connectivity index (χ3n) is 4.15. The highest BCUT2D eigenvalue weighted by Crippen LogP contribution is 2.23. The van der Waals surface area contributed by atoms with Crippen molar-refractivity contribution in [1.82, 2.24) is 0 Å². The molecule has 1 rings (SSSR count). The van der Waals surface area contributed by atoms with Crippen LogP contribution in [-0.2, 0) is 14.2 Å². The third-order valence-corrected chi connectivity index (χ3v) is 4.15. The zero-order chi connectivity index (χ0) is 16.9. The van der Waals surface area contributed by atoms with E-state index in [9.17, 15) is 5.11 Å². The molecule has 23 heavy (non-hydrogen) atoms. The topological polar surface area (TPSA) is 47.9 Å². The van der Waals surface area contributed by atoms with Crippen LogP contribution in [0.4, 0.5) is 0 Å². The molecule has 0 amide bonds. The fraction of sp³-hybridized carbons (Fsp3) is 0.895. The van der Waals surface area contributed by atoms with Gasteiger partial charge < -0.3 is 19.3 Å². The van der Waals surface area contributed by atoms with E-state index in [2.05, 4.69) is 20.8 Å². The average Bonchev–Trinajstić information content (AvgIpc) is 2.69. The summed E-state index contributed by atoms with van der Waals surface area (Å²) in [5, 5.41) is 10.5. The molecule has 0 aromatic rings. The van der Waals surface area contributed by atoms with E-state index in [0.29, 0.717) is 19.6 Å². The molecular formula is C19H36O4. The maximum atomic E-state index is 10.5. The molecule has 0 bridgehead atoms. The molecule has 1 N–H and O–H groups in total. The van der Waals surface area contributed by atoms with Crippen molar-refractivity contribution < 1.29 is 19.3 Å². The SMILES string of the molecule is CCCCO[C@@H]1[C@@H](OCCCC)[C@@H](O)CC=C[C@@H]1OCCCC. The van der Waals surface area contributed by atoms with Crippen LogP contribution in [0, 0.1) is 0 Å². The van der Waals surface area contributed by atoms with Gasteiger partial charge in [-0.3, -0.25) is 0 Å². The number of aliphatic hydroxyl groups excluding tert-OH is 1. The van der Waals surface area contributed by atoms with Gasteiger partial charge in [0.2, 0.25) is 0 Å². The van der Waals surface area contributed by atoms with Gasteiger partial charge in [-0.1, -0.05) is 52.2 Å². The standard InChI is InChI=1S/C19H36O4/c1-4-7-13-21-17-12-10-11-16(20)18(22-14-8-5-2)19(17)23-15-9-6-3/h10,12,16-20H,4-9,11,13-15H2,1-3H3/t16-,17-,18-,19-/m0/s1. The highest BCUT2D eigenvalue weighted by Gasteiger charge is 2.36. The Labute approximate surface area is 142 Å². The van der Waals surface area contributed by atoms with Crippen LogP contribution in [0.1, 0.15) is 65.7 Å². The van der Waals surface area contributed by atoms with Crippen molar-refractivity contribution in [2.75, 3.05) is 19.8 Å². The van der Waals surface area contributed by atoms with Gasteiger partial charge in [0.1, 0.15) is 18.3 Å². The lowest BCUT2D eigenvalue weighted by Gasteiger charge is -2.33. The summed E-state index contributed by atoms with van der Waals surface area (Å²) in [6, 6.07) is 0. The fourth-order valence-electron chi connectivity index (χ4n) is 2.64. The summed E-state index contributed by atoms with van der Waals surface area (Å²) in [6.45, 7) is 8.51. The minimum atomic E-state index is -0.533. The summed E-state index contributed by atoms with van der Waals surface area (Å²) in [6.07, 6.45) is 9.75. The van der Waals surface area contributed by atoms with E-state index in [1.165, 1.54) is 0 Å². The molecule has 0 unspecified atom stereocenters. The molecule has 0 spiro atoms. The zero-order valence-corrected chi connectivity index (χ0v) is 15.2. The van der Waals surface area contributed by atoms with Crippen LogP contribution in [0.5, 0.6) is 0 Å². The molecule has 0 saturated carbocycles. The lowest BCUT2D eigenvalue weighted by molar-refractivity contribution is -0.156. The number of hydrogen-bond donors (Lipinski definition) is 1. The maximum absolute atomic E-state index is 10.5. The normalized spacial score (nSPS) is 28.0. The van der Waals surface area contributed by atoms with Crippen molar-refractivity contribution in [2.24, 2.45) is 0 Å². The van der Waals surface area contributed by atoms with Gasteiger partial charge in [-0.15, -0.1) is 0 Å². The second-order valence-corrected chi connectivity index (χ2v) is 6.30. The molecule has 0 radical (unpaired) electrons. The molecule has 1 aliphatic carbocycles. The van der Waals surface area contributed by atoms with Crippen LogP contribution in [0.25, 0.3) is 0 Å². The van der Waals surface area contributed by atoms with E-state index in [-0.39, 0.29) is 18.3 Å². The van der Waals surface area contributed by atoms with Gasteiger partial charge in [0, 0.05) is 19.8 Å². The molecule has 0 heterocycles. The second kappa shape index (κ2) is 12.9. The molecule has 0 aliphatic heterocycles. The van der Waals surface area contributed by atoms with Crippen molar-refractivity contribution >= 4 is 0 Å². The molecule has 1 aliphatic rings. The quantitative estimate of drug-likeness (QED) is 0.436. The highest BCUT2D eigenvalue weighted by atomic mass is 16.6. The van der Waals surface area contributed by atoms with Gasteiger partial charge in [-0.2, -0.15) is 0 Å². The van der Waals surface area contributed by atoms with Gasteiger partial charge in [0.25, 0.3) is 0 Å². The van der Waals surface area contributed by atoms with Crippen molar-refractivity contribution in [3.63, 3.8) is 0 Å². The second-order valence-electron chi connectivity index (χ2n) is 6.30. The molecule has 0 saturated heterocycles. The van der Waals surface area contributed by atoms with Crippen LogP contribution in [0.15, 0.2) is 12.2 Å². The first-order valence-electron chi connectivity index (χ1n) is 9.44. The van der Waals surface area contributed by atoms with Gasteiger partial charge >= 0.3 is 0 Å². The molecule has 136 valence electrons. The summed E-state index contributed by atoms with van der Waals surface area (Å²) in [5.74, 6) is 0. The number of unbranched alkanes of at least 4 members (excludes halogenated alkanes) is 3. The summed E-state index contributed by atoms with van der Waals surface area (Å²) in [5.41, 5.74) is 0. The van der Waals surface area contributed by atoms with E-state index >= 15 is 0 Å². The Morgan fingerprint density at radius 2 is 1.35 bits per heavy atom. The van der Waals surface area contributed by atoms with E-state index < -0.39 is 6.10 Å². The van der Waals surface area contributed by atoms with Crippen molar-refractivity contribution in [3.8, 4) is 0 Å². The smallest absolute Gasteiger partial charge is 0.116 e. The third kappa shape index (κ3) is 7.79. The average molecular weight is 328 g/mol. The predicted octanol–water partition coefficient (Wildman–Crippen LogP) is 3.86. The maximum Gasteiger partial charge on any atom is 0.116 e. The Kier molecular flexibility index (Phi) is 11.6. The van der Waals surface area contributed by atoms with Gasteiger partial charge in [0.05, 0.1) is 6.10 Å². The summed E-state index contributed by atoms with van der Waals surface area (Å²) >= 11 is 0. The van der Waals surface area contributed by atoms with Crippen LogP contribution < -0.4 is 0 Å². The lowest BCUT2D eigenvalue weighted by Crippen LogP contribution is -2.47. The number of rotatable bonds is 12. The Morgan fingerprint density at radius 1 is 0.826 bits per heavy atom. The number of hydrogen-bond acceptors (Lipinski definition) is 4. The molecule has 4 nitrogen and oxygen atoms in total. The minimum Gasteiger partial charge on any atom is -0.390 e. The largest absolute Gasteiger partial charge is 0.390 e. The first-order chi connectivity index (χ1) is 11.2. The van der Waals surface area contributed by atoms with E-state index in [1.54, 1.807) is 0 Å². The zero-order valence-electron chi connectivity index (χ0n) is 15.2. The van der Waals surface area contributed by atoms with Crippen LogP contribution in [-0.4, -0.2) is 49.3 Å². The monoisotopic (exact) mass is 328 g/mol. The van der Waals surface area contributed by atoms with Gasteiger partial charge in [-0.05, 0) is 25.7 Å². The van der Waals surface area contributed by atoms with E-state index in [1.807, 2.05) is 12.2 Å². The molecule has 4 heteroatoms. The van der Waals surface area contributed by atoms with E-state index in [4.69, 9.17) is 14.2 Å². The number of ether oxygens (including phenoxy) is 3. The minimum absolute atomic E-state index is 0.137. The Bertz CT molecular complexity index is 306. The lowest BCUT2D eigenvalue weighted by atomic mass is 10.0. The number of aliphatic hydroxyl groups is 1. The summed E-state index contributed by atoms with van der Waals surface area (Å²) < 4.78 is 18.1. The molecule has 0 aromatic carbocycles. The first kappa shape index (κ1) is 20.6. The van der Waals surface area contributed by atoms with Crippen molar-refractivity contribution in [1.29, 1.82) is 0 Å².